The predicted octanol–water partition coefficient (Wildman–Crippen LogP) is 4.19. The Hall–Kier alpha value is -1.35. The minimum Gasteiger partial charge on any atom is -0.465 e. The van der Waals surface area contributed by atoms with Crippen molar-refractivity contribution in [3.63, 3.8) is 0 Å². The summed E-state index contributed by atoms with van der Waals surface area (Å²) < 4.78 is 5.32. The van der Waals surface area contributed by atoms with Gasteiger partial charge in [-0.05, 0) is 39.3 Å². The Labute approximate surface area is 129 Å². The summed E-state index contributed by atoms with van der Waals surface area (Å²) in [5.41, 5.74) is 1.01. The summed E-state index contributed by atoms with van der Waals surface area (Å²) >= 11 is 0. The Morgan fingerprint density at radius 2 is 1.81 bits per heavy atom. The first-order chi connectivity index (χ1) is 10.1. The minimum atomic E-state index is -0.303. The number of unbranched alkanes of at least 4 members (excludes halogenated alkanes) is 2. The summed E-state index contributed by atoms with van der Waals surface area (Å²) in [5.74, 6) is -0.145. The fourth-order valence-electron chi connectivity index (χ4n) is 2.55. The van der Waals surface area contributed by atoms with Gasteiger partial charge in [-0.1, -0.05) is 50.1 Å². The lowest BCUT2D eigenvalue weighted by Crippen LogP contribution is -2.40. The molecule has 1 atom stereocenters. The number of hydrogen-bond acceptors (Lipinski definition) is 3. The van der Waals surface area contributed by atoms with Crippen LogP contribution in [0.15, 0.2) is 30.3 Å². The minimum absolute atomic E-state index is 0.145. The Bertz CT molecular complexity index is 403. The van der Waals surface area contributed by atoms with E-state index in [-0.39, 0.29) is 12.0 Å². The van der Waals surface area contributed by atoms with Crippen molar-refractivity contribution in [2.24, 2.45) is 0 Å². The Morgan fingerprint density at radius 1 is 1.14 bits per heavy atom. The molecule has 3 nitrogen and oxygen atoms in total. The fraction of sp³-hybridized carbons (Fsp3) is 0.611. The predicted molar refractivity (Wildman–Crippen MR) is 87.2 cm³/mol. The number of hydrogen-bond donors (Lipinski definition) is 0. The zero-order chi connectivity index (χ0) is 15.7. The number of carbonyl (C=O) groups is 1. The van der Waals surface area contributed by atoms with Gasteiger partial charge in [0.15, 0.2) is 0 Å². The lowest BCUT2D eigenvalue weighted by Gasteiger charge is -2.33. The summed E-state index contributed by atoms with van der Waals surface area (Å²) in [7, 11) is 0. The van der Waals surface area contributed by atoms with Crippen molar-refractivity contribution in [1.82, 2.24) is 4.90 Å². The van der Waals surface area contributed by atoms with Crippen LogP contribution in [0.4, 0.5) is 0 Å². The number of esters is 1. The van der Waals surface area contributed by atoms with Gasteiger partial charge in [0.2, 0.25) is 0 Å². The maximum atomic E-state index is 12.5. The molecule has 0 aliphatic heterocycles. The summed E-state index contributed by atoms with van der Waals surface area (Å²) in [5, 5.41) is 0. The number of ether oxygens (including phenoxy) is 1. The van der Waals surface area contributed by atoms with Crippen molar-refractivity contribution in [3.05, 3.63) is 35.9 Å². The summed E-state index contributed by atoms with van der Waals surface area (Å²) in [6.07, 6.45) is 3.48. The molecule has 0 saturated carbocycles. The van der Waals surface area contributed by atoms with Gasteiger partial charge in [-0.3, -0.25) is 4.90 Å². The molecule has 1 rings (SSSR count). The lowest BCUT2D eigenvalue weighted by atomic mass is 10.0. The van der Waals surface area contributed by atoms with Crippen molar-refractivity contribution < 1.29 is 9.53 Å². The van der Waals surface area contributed by atoms with Gasteiger partial charge in [0.25, 0.3) is 0 Å². The third kappa shape index (κ3) is 5.50. The Balaban J connectivity index is 2.98. The molecule has 118 valence electrons. The second-order valence-corrected chi connectivity index (χ2v) is 5.60. The van der Waals surface area contributed by atoms with Crippen LogP contribution in [0.2, 0.25) is 0 Å². The molecular weight excluding hydrogens is 262 g/mol. The third-order valence-corrected chi connectivity index (χ3v) is 3.64. The molecule has 0 bridgehead atoms. The van der Waals surface area contributed by atoms with Gasteiger partial charge in [-0.25, -0.2) is 4.79 Å². The van der Waals surface area contributed by atoms with Crippen molar-refractivity contribution >= 4 is 5.97 Å². The number of benzene rings is 1. The molecule has 1 aromatic rings. The van der Waals surface area contributed by atoms with E-state index in [9.17, 15) is 4.79 Å². The van der Waals surface area contributed by atoms with E-state index in [4.69, 9.17) is 4.74 Å². The summed E-state index contributed by atoms with van der Waals surface area (Å²) in [6.45, 7) is 9.67. The molecule has 1 aromatic carbocycles. The van der Waals surface area contributed by atoms with Crippen molar-refractivity contribution in [2.45, 2.75) is 59.0 Å². The first-order valence-corrected chi connectivity index (χ1v) is 8.09. The Morgan fingerprint density at radius 3 is 2.33 bits per heavy atom. The molecule has 0 N–H and O–H groups in total. The SMILES string of the molecule is CCCCCN(C(C)C)C(C(=O)OCC)c1ccccc1. The molecule has 0 radical (unpaired) electrons. The average Bonchev–Trinajstić information content (AvgIpc) is 2.47. The molecule has 1 unspecified atom stereocenters. The maximum Gasteiger partial charge on any atom is 0.328 e. The van der Waals surface area contributed by atoms with E-state index in [0.717, 1.165) is 18.5 Å². The van der Waals surface area contributed by atoms with Crippen molar-refractivity contribution in [1.29, 1.82) is 0 Å². The second-order valence-electron chi connectivity index (χ2n) is 5.60. The molecule has 0 amide bonds. The molecule has 0 aliphatic carbocycles. The van der Waals surface area contributed by atoms with Crippen molar-refractivity contribution in [2.75, 3.05) is 13.2 Å². The summed E-state index contributed by atoms with van der Waals surface area (Å²) in [4.78, 5) is 14.7. The lowest BCUT2D eigenvalue weighted by molar-refractivity contribution is -0.150. The highest BCUT2D eigenvalue weighted by Crippen LogP contribution is 2.25. The highest BCUT2D eigenvalue weighted by Gasteiger charge is 2.30. The maximum absolute atomic E-state index is 12.5. The van der Waals surface area contributed by atoms with Crippen LogP contribution in [0, 0.1) is 0 Å². The van der Waals surface area contributed by atoms with Gasteiger partial charge in [-0.2, -0.15) is 0 Å². The standard InChI is InChI=1S/C18H29NO2/c1-5-7-11-14-19(15(3)4)17(18(20)21-6-2)16-12-9-8-10-13-16/h8-10,12-13,15,17H,5-7,11,14H2,1-4H3. The van der Waals surface area contributed by atoms with Crippen LogP contribution in [-0.4, -0.2) is 30.1 Å². The molecule has 0 spiro atoms. The summed E-state index contributed by atoms with van der Waals surface area (Å²) in [6, 6.07) is 9.95. The van der Waals surface area contributed by atoms with E-state index < -0.39 is 0 Å². The first-order valence-electron chi connectivity index (χ1n) is 8.09. The average molecular weight is 291 g/mol. The van der Waals surface area contributed by atoms with E-state index >= 15 is 0 Å². The van der Waals surface area contributed by atoms with Gasteiger partial charge in [-0.15, -0.1) is 0 Å². The highest BCUT2D eigenvalue weighted by molar-refractivity contribution is 5.77. The van der Waals surface area contributed by atoms with Crippen LogP contribution in [0.3, 0.4) is 0 Å². The zero-order valence-electron chi connectivity index (χ0n) is 13.8. The van der Waals surface area contributed by atoms with Gasteiger partial charge in [0, 0.05) is 6.04 Å². The first kappa shape index (κ1) is 17.7. The topological polar surface area (TPSA) is 29.5 Å². The molecule has 21 heavy (non-hydrogen) atoms. The van der Waals surface area contributed by atoms with E-state index in [0.29, 0.717) is 12.6 Å². The third-order valence-electron chi connectivity index (χ3n) is 3.64. The van der Waals surface area contributed by atoms with E-state index in [2.05, 4.69) is 25.7 Å². The van der Waals surface area contributed by atoms with Crippen LogP contribution in [-0.2, 0) is 9.53 Å². The van der Waals surface area contributed by atoms with Crippen LogP contribution in [0.25, 0.3) is 0 Å². The van der Waals surface area contributed by atoms with E-state index in [1.54, 1.807) is 0 Å². The number of nitrogens with zero attached hydrogens (tertiary/aromatic N) is 1. The van der Waals surface area contributed by atoms with E-state index in [1.807, 2.05) is 37.3 Å². The Kier molecular flexibility index (Phi) is 8.06. The quantitative estimate of drug-likeness (QED) is 0.504. The largest absolute Gasteiger partial charge is 0.465 e. The zero-order valence-corrected chi connectivity index (χ0v) is 13.8. The molecule has 0 aromatic heterocycles. The van der Waals surface area contributed by atoms with Crippen molar-refractivity contribution in [3.8, 4) is 0 Å². The molecule has 0 saturated heterocycles. The molecule has 0 fully saturated rings. The second kappa shape index (κ2) is 9.56. The van der Waals surface area contributed by atoms with E-state index in [1.165, 1.54) is 12.8 Å². The smallest absolute Gasteiger partial charge is 0.328 e. The van der Waals surface area contributed by atoms with Crippen LogP contribution in [0.5, 0.6) is 0 Å². The number of rotatable bonds is 9. The molecular formula is C18H29NO2. The molecule has 0 heterocycles. The normalized spacial score (nSPS) is 12.7. The fourth-order valence-corrected chi connectivity index (χ4v) is 2.55. The van der Waals surface area contributed by atoms with Gasteiger partial charge in [0.05, 0.1) is 6.61 Å². The molecule has 0 aliphatic rings. The van der Waals surface area contributed by atoms with Crippen LogP contribution in [0.1, 0.15) is 58.6 Å². The van der Waals surface area contributed by atoms with Crippen LogP contribution < -0.4 is 0 Å². The van der Waals surface area contributed by atoms with Gasteiger partial charge < -0.3 is 4.74 Å². The van der Waals surface area contributed by atoms with Gasteiger partial charge in [0.1, 0.15) is 6.04 Å². The molecule has 3 heteroatoms. The monoisotopic (exact) mass is 291 g/mol. The van der Waals surface area contributed by atoms with Gasteiger partial charge >= 0.3 is 5.97 Å². The highest BCUT2D eigenvalue weighted by atomic mass is 16.5. The van der Waals surface area contributed by atoms with Crippen LogP contribution >= 0.6 is 0 Å². The number of carbonyl (C=O) groups excluding carboxylic acids is 1.